The average Bonchev–Trinajstić information content (AvgIpc) is 3.23. The van der Waals surface area contributed by atoms with Crippen molar-refractivity contribution in [3.05, 3.63) is 71.6 Å². The first-order valence-corrected chi connectivity index (χ1v) is 10.5. The molecule has 0 radical (unpaired) electrons. The lowest BCUT2D eigenvalue weighted by Gasteiger charge is -2.34. The van der Waals surface area contributed by atoms with Crippen LogP contribution in [0.2, 0.25) is 0 Å². The number of carbonyl (C=O) groups excluding carboxylic acids is 1. The van der Waals surface area contributed by atoms with E-state index in [0.717, 1.165) is 48.8 Å². The van der Waals surface area contributed by atoms with Crippen LogP contribution in [0.3, 0.4) is 0 Å². The van der Waals surface area contributed by atoms with Gasteiger partial charge < -0.3 is 19.1 Å². The first kappa shape index (κ1) is 18.9. The van der Waals surface area contributed by atoms with E-state index in [-0.39, 0.29) is 5.91 Å². The number of likely N-dealkylation sites (N-methyl/N-ethyl adjacent to an activating group) is 1. The van der Waals surface area contributed by atoms with Gasteiger partial charge in [0.05, 0.1) is 6.54 Å². The molecule has 0 atom stereocenters. The molecule has 0 saturated carbocycles. The summed E-state index contributed by atoms with van der Waals surface area (Å²) in [5, 5.41) is 0. The highest BCUT2D eigenvalue weighted by atomic mass is 16.4. The van der Waals surface area contributed by atoms with Crippen LogP contribution in [-0.2, 0) is 13.0 Å². The molecule has 2 aliphatic heterocycles. The Labute approximate surface area is 176 Å². The number of carbonyl (C=O) groups is 1. The maximum absolute atomic E-state index is 13.1. The highest BCUT2D eigenvalue weighted by molar-refractivity contribution is 5.94. The minimum Gasteiger partial charge on any atom is -0.441 e. The van der Waals surface area contributed by atoms with Crippen molar-refractivity contribution in [1.82, 2.24) is 14.8 Å². The van der Waals surface area contributed by atoms with Crippen LogP contribution in [0.25, 0.3) is 11.5 Å². The standard InChI is InChI=1S/C24H26N4O2/c1-26-13-15-27(16-14-26)20-9-7-19(8-10-20)24(29)28-12-11-22-21(17-28)25-23(30-22)18-5-3-2-4-6-18/h2-10H,11-17H2,1H3. The smallest absolute Gasteiger partial charge is 0.254 e. The number of rotatable bonds is 3. The SMILES string of the molecule is CN1CCN(c2ccc(C(=O)N3CCc4oc(-c5ccccc5)nc4C3)cc2)CC1. The highest BCUT2D eigenvalue weighted by Crippen LogP contribution is 2.27. The van der Waals surface area contributed by atoms with Crippen molar-refractivity contribution in [3.63, 3.8) is 0 Å². The summed E-state index contributed by atoms with van der Waals surface area (Å²) in [4.78, 5) is 24.3. The van der Waals surface area contributed by atoms with Crippen molar-refractivity contribution >= 4 is 11.6 Å². The van der Waals surface area contributed by atoms with Gasteiger partial charge in [-0.3, -0.25) is 4.79 Å². The molecule has 0 aliphatic carbocycles. The van der Waals surface area contributed by atoms with Gasteiger partial charge in [-0.2, -0.15) is 0 Å². The normalized spacial score (nSPS) is 17.1. The van der Waals surface area contributed by atoms with Crippen molar-refractivity contribution in [1.29, 1.82) is 0 Å². The molecule has 30 heavy (non-hydrogen) atoms. The molecule has 154 valence electrons. The number of piperazine rings is 1. The zero-order valence-electron chi connectivity index (χ0n) is 17.3. The first-order chi connectivity index (χ1) is 14.7. The van der Waals surface area contributed by atoms with E-state index in [9.17, 15) is 4.79 Å². The second-order valence-corrected chi connectivity index (χ2v) is 8.07. The predicted octanol–water partition coefficient (Wildman–Crippen LogP) is 3.29. The van der Waals surface area contributed by atoms with E-state index in [0.29, 0.717) is 25.4 Å². The number of hydrogen-bond acceptors (Lipinski definition) is 5. The second kappa shape index (κ2) is 7.95. The van der Waals surface area contributed by atoms with Gasteiger partial charge in [0.2, 0.25) is 5.89 Å². The third kappa shape index (κ3) is 3.71. The molecule has 0 unspecified atom stereocenters. The summed E-state index contributed by atoms with van der Waals surface area (Å²) in [5.41, 5.74) is 3.74. The predicted molar refractivity (Wildman–Crippen MR) is 117 cm³/mol. The molecule has 6 nitrogen and oxygen atoms in total. The summed E-state index contributed by atoms with van der Waals surface area (Å²) >= 11 is 0. The van der Waals surface area contributed by atoms with Gasteiger partial charge in [-0.05, 0) is 43.4 Å². The Balaban J connectivity index is 1.28. The summed E-state index contributed by atoms with van der Waals surface area (Å²) in [7, 11) is 2.15. The molecule has 3 heterocycles. The summed E-state index contributed by atoms with van der Waals surface area (Å²) in [6.07, 6.45) is 0.695. The molecular weight excluding hydrogens is 376 g/mol. The van der Waals surface area contributed by atoms with Crippen molar-refractivity contribution in [3.8, 4) is 11.5 Å². The van der Waals surface area contributed by atoms with Gasteiger partial charge in [0, 0.05) is 56.0 Å². The molecule has 1 amide bonds. The highest BCUT2D eigenvalue weighted by Gasteiger charge is 2.26. The maximum atomic E-state index is 13.1. The molecule has 1 fully saturated rings. The van der Waals surface area contributed by atoms with Crippen molar-refractivity contribution in [2.75, 3.05) is 44.7 Å². The number of fused-ring (bicyclic) bond motifs is 1. The quantitative estimate of drug-likeness (QED) is 0.673. The van der Waals surface area contributed by atoms with E-state index >= 15 is 0 Å². The van der Waals surface area contributed by atoms with Crippen molar-refractivity contribution in [2.45, 2.75) is 13.0 Å². The van der Waals surface area contributed by atoms with Crippen LogP contribution in [0, 0.1) is 0 Å². The number of nitrogens with zero attached hydrogens (tertiary/aromatic N) is 4. The Bertz CT molecular complexity index is 1020. The summed E-state index contributed by atoms with van der Waals surface area (Å²) < 4.78 is 5.96. The van der Waals surface area contributed by atoms with Gasteiger partial charge in [0.25, 0.3) is 5.91 Å². The van der Waals surface area contributed by atoms with Crippen LogP contribution in [0.1, 0.15) is 21.8 Å². The number of hydrogen-bond donors (Lipinski definition) is 0. The fourth-order valence-electron chi connectivity index (χ4n) is 4.14. The monoisotopic (exact) mass is 402 g/mol. The van der Waals surface area contributed by atoms with Crippen LogP contribution >= 0.6 is 0 Å². The fourth-order valence-corrected chi connectivity index (χ4v) is 4.14. The van der Waals surface area contributed by atoms with E-state index < -0.39 is 0 Å². The molecule has 2 aromatic carbocycles. The molecule has 5 rings (SSSR count). The summed E-state index contributed by atoms with van der Waals surface area (Å²) in [6, 6.07) is 17.9. The van der Waals surface area contributed by atoms with Crippen LogP contribution in [-0.4, -0.2) is 60.5 Å². The van der Waals surface area contributed by atoms with Gasteiger partial charge in [0.1, 0.15) is 11.5 Å². The first-order valence-electron chi connectivity index (χ1n) is 10.5. The number of anilines is 1. The minimum atomic E-state index is 0.0508. The Morgan fingerprint density at radius 3 is 2.40 bits per heavy atom. The molecule has 2 aliphatic rings. The van der Waals surface area contributed by atoms with Gasteiger partial charge in [-0.15, -0.1) is 0 Å². The van der Waals surface area contributed by atoms with Crippen LogP contribution in [0.4, 0.5) is 5.69 Å². The van der Waals surface area contributed by atoms with E-state index in [2.05, 4.69) is 34.0 Å². The number of amides is 1. The van der Waals surface area contributed by atoms with Crippen molar-refractivity contribution in [2.24, 2.45) is 0 Å². The summed E-state index contributed by atoms with van der Waals surface area (Å²) in [6.45, 7) is 5.32. The van der Waals surface area contributed by atoms with E-state index in [1.165, 1.54) is 5.69 Å². The Morgan fingerprint density at radius 1 is 0.933 bits per heavy atom. The lowest BCUT2D eigenvalue weighted by atomic mass is 10.1. The van der Waals surface area contributed by atoms with Crippen LogP contribution in [0.15, 0.2) is 59.0 Å². The summed E-state index contributed by atoms with van der Waals surface area (Å²) in [5.74, 6) is 1.57. The molecular formula is C24H26N4O2. The number of aromatic nitrogens is 1. The van der Waals surface area contributed by atoms with Gasteiger partial charge >= 0.3 is 0 Å². The molecule has 3 aromatic rings. The second-order valence-electron chi connectivity index (χ2n) is 8.07. The molecule has 0 N–H and O–H groups in total. The van der Waals surface area contributed by atoms with Crippen LogP contribution in [0.5, 0.6) is 0 Å². The Kier molecular flexibility index (Phi) is 5.01. The average molecular weight is 402 g/mol. The zero-order chi connectivity index (χ0) is 20.5. The number of oxazole rings is 1. The maximum Gasteiger partial charge on any atom is 0.254 e. The molecule has 6 heteroatoms. The topological polar surface area (TPSA) is 52.8 Å². The lowest BCUT2D eigenvalue weighted by Crippen LogP contribution is -2.44. The lowest BCUT2D eigenvalue weighted by molar-refractivity contribution is 0.0728. The molecule has 1 saturated heterocycles. The molecule has 0 bridgehead atoms. The third-order valence-electron chi connectivity index (χ3n) is 6.02. The molecule has 1 aromatic heterocycles. The molecule has 0 spiro atoms. The van der Waals surface area contributed by atoms with Gasteiger partial charge in [-0.1, -0.05) is 18.2 Å². The van der Waals surface area contributed by atoms with E-state index in [4.69, 9.17) is 4.42 Å². The van der Waals surface area contributed by atoms with E-state index in [1.54, 1.807) is 0 Å². The Hall–Kier alpha value is -3.12. The van der Waals surface area contributed by atoms with Crippen LogP contribution < -0.4 is 4.90 Å². The largest absolute Gasteiger partial charge is 0.441 e. The third-order valence-corrected chi connectivity index (χ3v) is 6.02. The fraction of sp³-hybridized carbons (Fsp3) is 0.333. The number of benzene rings is 2. The van der Waals surface area contributed by atoms with Crippen molar-refractivity contribution < 1.29 is 9.21 Å². The minimum absolute atomic E-state index is 0.0508. The van der Waals surface area contributed by atoms with Gasteiger partial charge in [0.15, 0.2) is 0 Å². The van der Waals surface area contributed by atoms with Gasteiger partial charge in [-0.25, -0.2) is 4.98 Å². The van der Waals surface area contributed by atoms with E-state index in [1.807, 2.05) is 47.4 Å². The Morgan fingerprint density at radius 2 is 1.67 bits per heavy atom. The zero-order valence-corrected chi connectivity index (χ0v) is 17.3.